The molecule has 1 aliphatic heterocycles. The molecule has 10 nitrogen and oxygen atoms in total. The van der Waals surface area contributed by atoms with E-state index in [0.717, 1.165) is 19.6 Å². The van der Waals surface area contributed by atoms with Gasteiger partial charge in [0.1, 0.15) is 12.7 Å². The first kappa shape index (κ1) is 16.2. The first-order valence-electron chi connectivity index (χ1n) is 6.93. The van der Waals surface area contributed by atoms with Crippen LogP contribution in [0.1, 0.15) is 0 Å². The van der Waals surface area contributed by atoms with Crippen LogP contribution in [-0.4, -0.2) is 72.0 Å². The third-order valence-corrected chi connectivity index (χ3v) is 3.26. The van der Waals surface area contributed by atoms with Crippen LogP contribution in [0.3, 0.4) is 0 Å². The molecule has 0 saturated carbocycles. The molecule has 10 heteroatoms. The first-order chi connectivity index (χ1) is 10.6. The zero-order valence-corrected chi connectivity index (χ0v) is 12.4. The molecule has 1 aliphatic rings. The minimum atomic E-state index is -0.599. The van der Waals surface area contributed by atoms with Crippen molar-refractivity contribution in [1.82, 2.24) is 20.0 Å². The van der Waals surface area contributed by atoms with E-state index in [9.17, 15) is 14.9 Å². The molecule has 0 bridgehead atoms. The SMILES string of the molecule is COc1nn(CC(=O)NCCN2CCOCC2)cc1[N+](=O)[O-]. The Morgan fingerprint density at radius 1 is 1.55 bits per heavy atom. The van der Waals surface area contributed by atoms with Crippen molar-refractivity contribution in [1.29, 1.82) is 0 Å². The van der Waals surface area contributed by atoms with Crippen molar-refractivity contribution < 1.29 is 19.2 Å². The third-order valence-electron chi connectivity index (χ3n) is 3.26. The summed E-state index contributed by atoms with van der Waals surface area (Å²) in [6.07, 6.45) is 1.18. The highest BCUT2D eigenvalue weighted by Gasteiger charge is 2.21. The number of rotatable bonds is 7. The van der Waals surface area contributed by atoms with Gasteiger partial charge in [-0.3, -0.25) is 24.5 Å². The number of nitrogens with zero attached hydrogens (tertiary/aromatic N) is 4. The summed E-state index contributed by atoms with van der Waals surface area (Å²) in [6.45, 7) is 4.32. The largest absolute Gasteiger partial charge is 0.475 e. The van der Waals surface area contributed by atoms with Gasteiger partial charge in [-0.05, 0) is 0 Å². The van der Waals surface area contributed by atoms with Crippen LogP contribution in [0.2, 0.25) is 0 Å². The van der Waals surface area contributed by atoms with Gasteiger partial charge in [0, 0.05) is 26.2 Å². The molecule has 0 spiro atoms. The highest BCUT2D eigenvalue weighted by Crippen LogP contribution is 2.23. The van der Waals surface area contributed by atoms with E-state index in [4.69, 9.17) is 9.47 Å². The molecule has 2 heterocycles. The molecule has 1 aromatic heterocycles. The van der Waals surface area contributed by atoms with Crippen molar-refractivity contribution in [3.63, 3.8) is 0 Å². The molecule has 0 radical (unpaired) electrons. The lowest BCUT2D eigenvalue weighted by atomic mass is 10.4. The van der Waals surface area contributed by atoms with Gasteiger partial charge in [-0.25, -0.2) is 0 Å². The summed E-state index contributed by atoms with van der Waals surface area (Å²) in [7, 11) is 1.29. The maximum Gasteiger partial charge on any atom is 0.350 e. The van der Waals surface area contributed by atoms with Gasteiger partial charge < -0.3 is 14.8 Å². The number of ether oxygens (including phenoxy) is 2. The molecule has 0 aromatic carbocycles. The van der Waals surface area contributed by atoms with Crippen molar-refractivity contribution in [3.8, 4) is 5.88 Å². The summed E-state index contributed by atoms with van der Waals surface area (Å²) in [6, 6.07) is 0. The monoisotopic (exact) mass is 313 g/mol. The number of morpholine rings is 1. The summed E-state index contributed by atoms with van der Waals surface area (Å²) >= 11 is 0. The van der Waals surface area contributed by atoms with E-state index in [1.165, 1.54) is 18.0 Å². The average molecular weight is 313 g/mol. The topological polar surface area (TPSA) is 112 Å². The van der Waals surface area contributed by atoms with Crippen molar-refractivity contribution >= 4 is 11.6 Å². The maximum absolute atomic E-state index is 11.8. The number of carbonyl (C=O) groups is 1. The standard InChI is InChI=1S/C12H19N5O5/c1-21-12-10(17(19)20)8-16(14-12)9-11(18)13-2-3-15-4-6-22-7-5-15/h8H,2-7,9H2,1H3,(H,13,18). The van der Waals surface area contributed by atoms with Crippen LogP contribution in [0.4, 0.5) is 5.69 Å². The van der Waals surface area contributed by atoms with Crippen molar-refractivity contribution in [3.05, 3.63) is 16.3 Å². The van der Waals surface area contributed by atoms with E-state index in [1.807, 2.05) is 0 Å². The number of nitrogens with one attached hydrogen (secondary N) is 1. The fraction of sp³-hybridized carbons (Fsp3) is 0.667. The molecule has 0 aliphatic carbocycles. The van der Waals surface area contributed by atoms with E-state index >= 15 is 0 Å². The van der Waals surface area contributed by atoms with Crippen LogP contribution >= 0.6 is 0 Å². The molecule has 1 saturated heterocycles. The number of methoxy groups -OCH3 is 1. The Balaban J connectivity index is 1.77. The Hall–Kier alpha value is -2.20. The fourth-order valence-corrected chi connectivity index (χ4v) is 2.13. The van der Waals surface area contributed by atoms with E-state index in [2.05, 4.69) is 15.3 Å². The summed E-state index contributed by atoms with van der Waals surface area (Å²) in [5.74, 6) is -0.362. The highest BCUT2D eigenvalue weighted by molar-refractivity contribution is 5.75. The highest BCUT2D eigenvalue weighted by atomic mass is 16.6. The Kier molecular flexibility index (Phi) is 5.67. The van der Waals surface area contributed by atoms with E-state index in [0.29, 0.717) is 19.8 Å². The summed E-state index contributed by atoms with van der Waals surface area (Å²) in [4.78, 5) is 24.2. The molecule has 2 rings (SSSR count). The Bertz CT molecular complexity index is 526. The predicted molar refractivity (Wildman–Crippen MR) is 75.7 cm³/mol. The predicted octanol–water partition coefficient (Wildman–Crippen LogP) is -0.752. The Morgan fingerprint density at radius 3 is 2.86 bits per heavy atom. The number of nitro groups is 1. The lowest BCUT2D eigenvalue weighted by Gasteiger charge is -2.26. The van der Waals surface area contributed by atoms with E-state index in [1.54, 1.807) is 0 Å². The molecule has 0 unspecified atom stereocenters. The van der Waals surface area contributed by atoms with Crippen LogP contribution in [0, 0.1) is 10.1 Å². The lowest BCUT2D eigenvalue weighted by Crippen LogP contribution is -2.41. The van der Waals surface area contributed by atoms with Gasteiger partial charge in [0.05, 0.1) is 25.2 Å². The van der Waals surface area contributed by atoms with Crippen LogP contribution in [0.15, 0.2) is 6.20 Å². The molecular formula is C12H19N5O5. The summed E-state index contributed by atoms with van der Waals surface area (Å²) < 4.78 is 11.2. The number of aromatic nitrogens is 2. The molecule has 1 fully saturated rings. The maximum atomic E-state index is 11.8. The van der Waals surface area contributed by atoms with Crippen LogP contribution in [-0.2, 0) is 16.1 Å². The summed E-state index contributed by atoms with van der Waals surface area (Å²) in [5.41, 5.74) is -0.261. The number of carbonyl (C=O) groups excluding carboxylic acids is 1. The number of hydrogen-bond donors (Lipinski definition) is 1. The lowest BCUT2D eigenvalue weighted by molar-refractivity contribution is -0.385. The van der Waals surface area contributed by atoms with Gasteiger partial charge in [0.2, 0.25) is 5.91 Å². The number of amides is 1. The molecule has 1 N–H and O–H groups in total. The Morgan fingerprint density at radius 2 is 2.27 bits per heavy atom. The van der Waals surface area contributed by atoms with Crippen LogP contribution < -0.4 is 10.1 Å². The zero-order chi connectivity index (χ0) is 15.9. The van der Waals surface area contributed by atoms with Gasteiger partial charge in [0.15, 0.2) is 0 Å². The molecule has 0 atom stereocenters. The van der Waals surface area contributed by atoms with Crippen LogP contribution in [0.5, 0.6) is 5.88 Å². The summed E-state index contributed by atoms with van der Waals surface area (Å²) in [5, 5.41) is 17.4. The van der Waals surface area contributed by atoms with Gasteiger partial charge >= 0.3 is 11.6 Å². The van der Waals surface area contributed by atoms with Crippen molar-refractivity contribution in [2.75, 3.05) is 46.5 Å². The normalized spacial score (nSPS) is 15.5. The average Bonchev–Trinajstić information content (AvgIpc) is 2.91. The minimum absolute atomic E-state index is 0.0900. The third kappa shape index (κ3) is 4.40. The molecular weight excluding hydrogens is 294 g/mol. The fourth-order valence-electron chi connectivity index (χ4n) is 2.13. The van der Waals surface area contributed by atoms with Gasteiger partial charge in [-0.2, -0.15) is 0 Å². The molecule has 1 amide bonds. The Labute approximate surface area is 127 Å². The van der Waals surface area contributed by atoms with Gasteiger partial charge in [0.25, 0.3) is 0 Å². The van der Waals surface area contributed by atoms with Crippen molar-refractivity contribution in [2.45, 2.75) is 6.54 Å². The smallest absolute Gasteiger partial charge is 0.350 e. The van der Waals surface area contributed by atoms with Gasteiger partial charge in [-0.1, -0.05) is 0 Å². The first-order valence-corrected chi connectivity index (χ1v) is 6.93. The van der Waals surface area contributed by atoms with Crippen LogP contribution in [0.25, 0.3) is 0 Å². The van der Waals surface area contributed by atoms with Gasteiger partial charge in [-0.15, -0.1) is 5.10 Å². The zero-order valence-electron chi connectivity index (χ0n) is 12.4. The molecule has 122 valence electrons. The molecule has 1 aromatic rings. The second-order valence-corrected chi connectivity index (χ2v) is 4.78. The number of hydrogen-bond acceptors (Lipinski definition) is 7. The van der Waals surface area contributed by atoms with E-state index in [-0.39, 0.29) is 24.0 Å². The quantitative estimate of drug-likeness (QED) is 0.520. The minimum Gasteiger partial charge on any atom is -0.475 e. The molecule has 22 heavy (non-hydrogen) atoms. The second kappa shape index (κ2) is 7.71. The van der Waals surface area contributed by atoms with E-state index < -0.39 is 4.92 Å². The second-order valence-electron chi connectivity index (χ2n) is 4.78. The van der Waals surface area contributed by atoms with Crippen molar-refractivity contribution in [2.24, 2.45) is 0 Å².